The summed E-state index contributed by atoms with van der Waals surface area (Å²) in [5.74, 6) is 0. The summed E-state index contributed by atoms with van der Waals surface area (Å²) >= 11 is 1.48. The van der Waals surface area contributed by atoms with Crippen molar-refractivity contribution < 1.29 is 4.42 Å². The number of hydrogen-bond acceptors (Lipinski definition) is 5. The molecule has 84 valence electrons. The molecule has 2 aromatic heterocycles. The Morgan fingerprint density at radius 2 is 2.18 bits per heavy atom. The summed E-state index contributed by atoms with van der Waals surface area (Å²) in [7, 11) is 0. The van der Waals surface area contributed by atoms with Crippen molar-refractivity contribution >= 4 is 22.7 Å². The second-order valence-electron chi connectivity index (χ2n) is 3.50. The molecule has 0 aliphatic rings. The molecule has 0 spiro atoms. The SMILES string of the molecule is CSc1nncc(-c2ccc3occc3c2)n1. The smallest absolute Gasteiger partial charge is 0.209 e. The van der Waals surface area contributed by atoms with Crippen LogP contribution < -0.4 is 0 Å². The minimum Gasteiger partial charge on any atom is -0.464 e. The van der Waals surface area contributed by atoms with E-state index in [-0.39, 0.29) is 0 Å². The fourth-order valence-electron chi connectivity index (χ4n) is 1.64. The Hall–Kier alpha value is -1.88. The minimum absolute atomic E-state index is 0.676. The van der Waals surface area contributed by atoms with Crippen molar-refractivity contribution in [1.29, 1.82) is 0 Å². The number of aromatic nitrogens is 3. The van der Waals surface area contributed by atoms with Gasteiger partial charge >= 0.3 is 0 Å². The van der Waals surface area contributed by atoms with Gasteiger partial charge in [-0.3, -0.25) is 0 Å². The molecule has 0 N–H and O–H groups in total. The molecule has 0 radical (unpaired) electrons. The maximum atomic E-state index is 5.30. The Morgan fingerprint density at radius 3 is 3.06 bits per heavy atom. The molecule has 3 aromatic rings. The topological polar surface area (TPSA) is 51.8 Å². The number of rotatable bonds is 2. The summed E-state index contributed by atoms with van der Waals surface area (Å²) in [4.78, 5) is 4.41. The zero-order chi connectivity index (χ0) is 11.7. The van der Waals surface area contributed by atoms with Crippen molar-refractivity contribution in [3.8, 4) is 11.3 Å². The zero-order valence-corrected chi connectivity index (χ0v) is 9.94. The van der Waals surface area contributed by atoms with Crippen molar-refractivity contribution in [1.82, 2.24) is 15.2 Å². The standard InChI is InChI=1S/C12H9N3OS/c1-17-12-14-10(7-13-15-12)8-2-3-11-9(6-8)4-5-16-11/h2-7H,1H3. The molecular formula is C12H9N3OS. The highest BCUT2D eigenvalue weighted by molar-refractivity contribution is 7.98. The molecular weight excluding hydrogens is 234 g/mol. The van der Waals surface area contributed by atoms with Gasteiger partial charge in [0.25, 0.3) is 0 Å². The molecule has 0 aliphatic heterocycles. The second kappa shape index (κ2) is 4.18. The van der Waals surface area contributed by atoms with Crippen LogP contribution in [-0.2, 0) is 0 Å². The van der Waals surface area contributed by atoms with Gasteiger partial charge in [-0.1, -0.05) is 11.8 Å². The van der Waals surface area contributed by atoms with Crippen molar-refractivity contribution in [3.05, 3.63) is 36.7 Å². The molecule has 4 nitrogen and oxygen atoms in total. The van der Waals surface area contributed by atoms with Crippen molar-refractivity contribution in [3.63, 3.8) is 0 Å². The summed E-state index contributed by atoms with van der Waals surface area (Å²) in [6.07, 6.45) is 5.28. The number of thioether (sulfide) groups is 1. The van der Waals surface area contributed by atoms with Crippen LogP contribution in [0.3, 0.4) is 0 Å². The predicted molar refractivity (Wildman–Crippen MR) is 66.8 cm³/mol. The third-order valence-electron chi connectivity index (χ3n) is 2.47. The highest BCUT2D eigenvalue weighted by Gasteiger charge is 2.04. The molecule has 0 bridgehead atoms. The van der Waals surface area contributed by atoms with E-state index in [1.165, 1.54) is 11.8 Å². The Balaban J connectivity index is 2.12. The van der Waals surface area contributed by atoms with Crippen LogP contribution in [0.5, 0.6) is 0 Å². The zero-order valence-electron chi connectivity index (χ0n) is 9.12. The predicted octanol–water partition coefficient (Wildman–Crippen LogP) is 3.01. The first-order valence-electron chi connectivity index (χ1n) is 5.08. The van der Waals surface area contributed by atoms with Crippen LogP contribution in [0.2, 0.25) is 0 Å². The number of benzene rings is 1. The lowest BCUT2D eigenvalue weighted by atomic mass is 10.1. The molecule has 3 rings (SSSR count). The number of nitrogens with zero attached hydrogens (tertiary/aromatic N) is 3. The molecule has 0 saturated carbocycles. The molecule has 5 heteroatoms. The van der Waals surface area contributed by atoms with Crippen LogP contribution in [-0.4, -0.2) is 21.4 Å². The van der Waals surface area contributed by atoms with E-state index >= 15 is 0 Å². The van der Waals surface area contributed by atoms with E-state index in [2.05, 4.69) is 15.2 Å². The van der Waals surface area contributed by atoms with Gasteiger partial charge in [0.1, 0.15) is 5.58 Å². The summed E-state index contributed by atoms with van der Waals surface area (Å²) in [6, 6.07) is 7.88. The van der Waals surface area contributed by atoms with Crippen LogP contribution >= 0.6 is 11.8 Å². The van der Waals surface area contributed by atoms with Gasteiger partial charge in [-0.2, -0.15) is 5.10 Å². The van der Waals surface area contributed by atoms with Crippen LogP contribution in [0.25, 0.3) is 22.2 Å². The Morgan fingerprint density at radius 1 is 1.24 bits per heavy atom. The lowest BCUT2D eigenvalue weighted by Gasteiger charge is -2.01. The maximum absolute atomic E-state index is 5.30. The van der Waals surface area contributed by atoms with Gasteiger partial charge in [0, 0.05) is 10.9 Å². The third-order valence-corrected chi connectivity index (χ3v) is 3.01. The summed E-state index contributed by atoms with van der Waals surface area (Å²) in [5, 5.41) is 9.60. The monoisotopic (exact) mass is 243 g/mol. The first-order valence-corrected chi connectivity index (χ1v) is 6.30. The molecule has 0 amide bonds. The minimum atomic E-state index is 0.676. The van der Waals surface area contributed by atoms with E-state index in [0.717, 1.165) is 22.2 Å². The molecule has 0 unspecified atom stereocenters. The fraction of sp³-hybridized carbons (Fsp3) is 0.0833. The van der Waals surface area contributed by atoms with Crippen molar-refractivity contribution in [2.45, 2.75) is 5.16 Å². The van der Waals surface area contributed by atoms with Crippen molar-refractivity contribution in [2.75, 3.05) is 6.26 Å². The maximum Gasteiger partial charge on any atom is 0.209 e. The first kappa shape index (κ1) is 10.3. The Labute approximate surface area is 102 Å². The molecule has 0 aliphatic carbocycles. The fourth-order valence-corrected chi connectivity index (χ4v) is 1.96. The highest BCUT2D eigenvalue weighted by Crippen LogP contribution is 2.23. The summed E-state index contributed by atoms with van der Waals surface area (Å²) in [6.45, 7) is 0. The van der Waals surface area contributed by atoms with Crippen LogP contribution in [0.15, 0.2) is 46.3 Å². The lowest BCUT2D eigenvalue weighted by Crippen LogP contribution is -1.92. The highest BCUT2D eigenvalue weighted by atomic mass is 32.2. The van der Waals surface area contributed by atoms with Crippen LogP contribution in [0, 0.1) is 0 Å². The van der Waals surface area contributed by atoms with Gasteiger partial charge in [-0.25, -0.2) is 4.98 Å². The van der Waals surface area contributed by atoms with Gasteiger partial charge in [0.05, 0.1) is 18.2 Å². The molecule has 0 saturated heterocycles. The lowest BCUT2D eigenvalue weighted by molar-refractivity contribution is 0.616. The van der Waals surface area contributed by atoms with Gasteiger partial charge in [-0.15, -0.1) is 5.10 Å². The Bertz CT molecular complexity index is 665. The molecule has 2 heterocycles. The normalized spacial score (nSPS) is 10.9. The van der Waals surface area contributed by atoms with Crippen molar-refractivity contribution in [2.24, 2.45) is 0 Å². The Kier molecular flexibility index (Phi) is 2.53. The van der Waals surface area contributed by atoms with Gasteiger partial charge in [-0.05, 0) is 30.5 Å². The second-order valence-corrected chi connectivity index (χ2v) is 4.27. The average Bonchev–Trinajstić information content (AvgIpc) is 2.86. The molecule has 0 atom stereocenters. The average molecular weight is 243 g/mol. The largest absolute Gasteiger partial charge is 0.464 e. The van der Waals surface area contributed by atoms with Gasteiger partial charge in [0.15, 0.2) is 0 Å². The summed E-state index contributed by atoms with van der Waals surface area (Å²) in [5.41, 5.74) is 2.72. The van der Waals surface area contributed by atoms with E-state index in [9.17, 15) is 0 Å². The summed E-state index contributed by atoms with van der Waals surface area (Å²) < 4.78 is 5.30. The molecule has 17 heavy (non-hydrogen) atoms. The van der Waals surface area contributed by atoms with Gasteiger partial charge < -0.3 is 4.42 Å². The number of fused-ring (bicyclic) bond motifs is 1. The van der Waals surface area contributed by atoms with E-state index in [4.69, 9.17) is 4.42 Å². The van der Waals surface area contributed by atoms with Crippen LogP contribution in [0.4, 0.5) is 0 Å². The molecule has 0 fully saturated rings. The molecule has 1 aromatic carbocycles. The van der Waals surface area contributed by atoms with E-state index in [0.29, 0.717) is 5.16 Å². The quantitative estimate of drug-likeness (QED) is 0.647. The number of hydrogen-bond donors (Lipinski definition) is 0. The van der Waals surface area contributed by atoms with E-state index < -0.39 is 0 Å². The van der Waals surface area contributed by atoms with E-state index in [1.807, 2.05) is 30.5 Å². The first-order chi connectivity index (χ1) is 8.36. The van der Waals surface area contributed by atoms with Crippen LogP contribution in [0.1, 0.15) is 0 Å². The van der Waals surface area contributed by atoms with E-state index in [1.54, 1.807) is 12.5 Å². The van der Waals surface area contributed by atoms with Gasteiger partial charge in [0.2, 0.25) is 5.16 Å². The third kappa shape index (κ3) is 1.89. The number of furan rings is 1.